The van der Waals surface area contributed by atoms with Crippen molar-refractivity contribution in [3.05, 3.63) is 87.7 Å². The zero-order valence-corrected chi connectivity index (χ0v) is 19.9. The number of likely N-dealkylation sites (tertiary alicyclic amines) is 1. The first-order chi connectivity index (χ1) is 15.7. The highest BCUT2D eigenvalue weighted by Crippen LogP contribution is 2.46. The molecule has 1 heterocycles. The first-order valence-corrected chi connectivity index (χ1v) is 11.6. The van der Waals surface area contributed by atoms with Gasteiger partial charge in [-0.25, -0.2) is 4.39 Å². The van der Waals surface area contributed by atoms with Crippen LogP contribution in [0.4, 0.5) is 10.1 Å². The molecule has 1 unspecified atom stereocenters. The van der Waals surface area contributed by atoms with Crippen LogP contribution in [0.1, 0.15) is 30.0 Å². The van der Waals surface area contributed by atoms with Gasteiger partial charge in [0.05, 0.1) is 12.0 Å². The number of carbonyl (C=O) groups is 2. The summed E-state index contributed by atoms with van der Waals surface area (Å²) in [7, 11) is 1.68. The number of piperidine rings is 1. The van der Waals surface area contributed by atoms with E-state index in [1.807, 2.05) is 25.2 Å². The molecule has 1 aliphatic carbocycles. The molecule has 1 aliphatic heterocycles. The van der Waals surface area contributed by atoms with Crippen LogP contribution >= 0.6 is 23.2 Å². The Bertz CT molecular complexity index is 1150. The quantitative estimate of drug-likeness (QED) is 0.554. The average Bonchev–Trinajstić information content (AvgIpc) is 2.77. The van der Waals surface area contributed by atoms with Gasteiger partial charge in [-0.2, -0.15) is 0 Å². The van der Waals surface area contributed by atoms with Crippen LogP contribution < -0.4 is 5.32 Å². The molecule has 2 aromatic carbocycles. The van der Waals surface area contributed by atoms with E-state index in [0.29, 0.717) is 27.7 Å². The monoisotopic (exact) mass is 486 g/mol. The Morgan fingerprint density at radius 1 is 1.18 bits per heavy atom. The van der Waals surface area contributed by atoms with Crippen molar-refractivity contribution in [3.8, 4) is 0 Å². The maximum absolute atomic E-state index is 14.3. The van der Waals surface area contributed by atoms with Gasteiger partial charge in [0.15, 0.2) is 0 Å². The summed E-state index contributed by atoms with van der Waals surface area (Å²) in [6, 6.07) is 10.8. The molecule has 0 saturated carbocycles. The molecule has 2 amide bonds. The van der Waals surface area contributed by atoms with Crippen LogP contribution in [0.2, 0.25) is 5.02 Å². The summed E-state index contributed by atoms with van der Waals surface area (Å²) < 4.78 is 14.3. The zero-order valence-electron chi connectivity index (χ0n) is 18.4. The van der Waals surface area contributed by atoms with E-state index in [-0.39, 0.29) is 30.1 Å². The number of aryl methyl sites for hydroxylation is 1. The van der Waals surface area contributed by atoms with Crippen molar-refractivity contribution in [2.45, 2.75) is 25.8 Å². The van der Waals surface area contributed by atoms with E-state index in [9.17, 15) is 14.0 Å². The number of halogens is 3. The number of rotatable bonds is 4. The van der Waals surface area contributed by atoms with E-state index < -0.39 is 17.8 Å². The third kappa shape index (κ3) is 4.99. The zero-order chi connectivity index (χ0) is 23.7. The number of amides is 2. The van der Waals surface area contributed by atoms with Gasteiger partial charge >= 0.3 is 0 Å². The van der Waals surface area contributed by atoms with Crippen LogP contribution in [0, 0.1) is 30.5 Å². The lowest BCUT2D eigenvalue weighted by Crippen LogP contribution is -2.51. The Labute approximate surface area is 203 Å². The summed E-state index contributed by atoms with van der Waals surface area (Å²) in [5.74, 6) is -1.75. The maximum atomic E-state index is 14.3. The molecule has 4 atom stereocenters. The van der Waals surface area contributed by atoms with Crippen molar-refractivity contribution < 1.29 is 14.0 Å². The lowest BCUT2D eigenvalue weighted by atomic mass is 9.68. The van der Waals surface area contributed by atoms with Crippen LogP contribution in [-0.2, 0) is 9.59 Å². The van der Waals surface area contributed by atoms with E-state index in [4.69, 9.17) is 23.2 Å². The molecule has 0 spiro atoms. The van der Waals surface area contributed by atoms with Gasteiger partial charge in [-0.3, -0.25) is 9.59 Å². The van der Waals surface area contributed by atoms with Gasteiger partial charge in [0, 0.05) is 29.2 Å². The molecule has 4 rings (SSSR count). The summed E-state index contributed by atoms with van der Waals surface area (Å²) in [4.78, 5) is 28.5. The maximum Gasteiger partial charge on any atom is 0.230 e. The second-order valence-corrected chi connectivity index (χ2v) is 9.57. The molecule has 1 fully saturated rings. The molecular formula is C26H25Cl2FN2O2. The molecule has 172 valence electrons. The Balaban J connectivity index is 1.80. The Morgan fingerprint density at radius 3 is 2.70 bits per heavy atom. The van der Waals surface area contributed by atoms with Gasteiger partial charge in [0.2, 0.25) is 11.8 Å². The molecule has 4 nitrogen and oxygen atoms in total. The Kier molecular flexibility index (Phi) is 6.91. The van der Waals surface area contributed by atoms with Crippen LogP contribution in [0.3, 0.4) is 0 Å². The molecule has 0 bridgehead atoms. The number of hydrogen-bond donors (Lipinski definition) is 1. The minimum Gasteiger partial charge on any atom is -0.338 e. The molecule has 0 aromatic heterocycles. The molecular weight excluding hydrogens is 462 g/mol. The van der Waals surface area contributed by atoms with E-state index in [0.717, 1.165) is 5.56 Å². The molecule has 7 heteroatoms. The first-order valence-electron chi connectivity index (χ1n) is 10.9. The van der Waals surface area contributed by atoms with Crippen molar-refractivity contribution >= 4 is 40.7 Å². The van der Waals surface area contributed by atoms with Crippen LogP contribution in [-0.4, -0.2) is 23.8 Å². The number of nitrogens with zero attached hydrogens (tertiary/aromatic N) is 1. The fourth-order valence-corrected chi connectivity index (χ4v) is 5.39. The SMILES string of the molecule is Cc1ccc(F)cc1[C@@H]1[C@@H](C(=O)Nc2cccc(Cl)c2)[C@H](C2C=C(Cl)C=CC2)CC(=O)N1C. The smallest absolute Gasteiger partial charge is 0.230 e. The number of nitrogens with one attached hydrogen (secondary N) is 1. The number of allylic oxidation sites excluding steroid dienone is 4. The van der Waals surface area contributed by atoms with Gasteiger partial charge in [-0.1, -0.05) is 47.5 Å². The van der Waals surface area contributed by atoms with E-state index in [2.05, 4.69) is 5.32 Å². The predicted octanol–water partition coefficient (Wildman–Crippen LogP) is 6.26. The Hall–Kier alpha value is -2.63. The number of anilines is 1. The lowest BCUT2D eigenvalue weighted by molar-refractivity contribution is -0.145. The first kappa shape index (κ1) is 23.5. The van der Waals surface area contributed by atoms with Gasteiger partial charge < -0.3 is 10.2 Å². The van der Waals surface area contributed by atoms with Crippen molar-refractivity contribution in [3.63, 3.8) is 0 Å². The topological polar surface area (TPSA) is 49.4 Å². The molecule has 0 radical (unpaired) electrons. The average molecular weight is 487 g/mol. The summed E-state index contributed by atoms with van der Waals surface area (Å²) >= 11 is 12.4. The summed E-state index contributed by atoms with van der Waals surface area (Å²) in [5.41, 5.74) is 2.01. The van der Waals surface area contributed by atoms with Crippen LogP contribution in [0.25, 0.3) is 0 Å². The number of carbonyl (C=O) groups excluding carboxylic acids is 2. The second kappa shape index (κ2) is 9.70. The van der Waals surface area contributed by atoms with Crippen molar-refractivity contribution in [2.24, 2.45) is 17.8 Å². The standard InChI is InChI=1S/C26H25Cl2FN2O2/c1-15-9-10-19(29)13-21(15)25-24(26(33)30-20-8-4-7-18(28)12-20)22(14-23(32)31(25)2)16-5-3-6-17(27)11-16/h3-4,6-13,16,22,24-25H,5,14H2,1-2H3,(H,30,33)/t16?,22-,24-,25+/m0/s1. The minimum absolute atomic E-state index is 0.0838. The highest BCUT2D eigenvalue weighted by atomic mass is 35.5. The number of hydrogen-bond acceptors (Lipinski definition) is 2. The van der Waals surface area contributed by atoms with E-state index >= 15 is 0 Å². The van der Waals surface area contributed by atoms with Crippen molar-refractivity contribution in [1.29, 1.82) is 0 Å². The van der Waals surface area contributed by atoms with Gasteiger partial charge in [-0.15, -0.1) is 0 Å². The normalized spacial score (nSPS) is 25.1. The van der Waals surface area contributed by atoms with Gasteiger partial charge in [0.1, 0.15) is 5.82 Å². The third-order valence-electron chi connectivity index (χ3n) is 6.59. The molecule has 1 N–H and O–H groups in total. The summed E-state index contributed by atoms with van der Waals surface area (Å²) in [6.07, 6.45) is 6.58. The fraction of sp³-hybridized carbons (Fsp3) is 0.308. The highest BCUT2D eigenvalue weighted by Gasteiger charge is 2.48. The third-order valence-corrected chi connectivity index (χ3v) is 7.07. The summed E-state index contributed by atoms with van der Waals surface area (Å²) in [6.45, 7) is 1.86. The Morgan fingerprint density at radius 2 is 1.97 bits per heavy atom. The van der Waals surface area contributed by atoms with Crippen LogP contribution in [0.15, 0.2) is 65.7 Å². The van der Waals surface area contributed by atoms with Gasteiger partial charge in [0.25, 0.3) is 0 Å². The van der Waals surface area contributed by atoms with Crippen LogP contribution in [0.5, 0.6) is 0 Å². The molecule has 2 aliphatic rings. The van der Waals surface area contributed by atoms with Crippen molar-refractivity contribution in [2.75, 3.05) is 12.4 Å². The van der Waals surface area contributed by atoms with Gasteiger partial charge in [-0.05, 0) is 72.7 Å². The fourth-order valence-electron chi connectivity index (χ4n) is 4.95. The molecule has 1 saturated heterocycles. The van der Waals surface area contributed by atoms with E-state index in [1.165, 1.54) is 12.1 Å². The lowest BCUT2D eigenvalue weighted by Gasteiger charge is -2.45. The minimum atomic E-state index is -0.621. The molecule has 33 heavy (non-hydrogen) atoms. The second-order valence-electron chi connectivity index (χ2n) is 8.70. The summed E-state index contributed by atoms with van der Waals surface area (Å²) in [5, 5.41) is 4.07. The molecule has 2 aromatic rings. The highest BCUT2D eigenvalue weighted by molar-refractivity contribution is 6.31. The van der Waals surface area contributed by atoms with Crippen molar-refractivity contribution in [1.82, 2.24) is 4.90 Å². The largest absolute Gasteiger partial charge is 0.338 e. The number of benzene rings is 2. The van der Waals surface area contributed by atoms with E-state index in [1.54, 1.807) is 42.3 Å². The predicted molar refractivity (Wildman–Crippen MR) is 130 cm³/mol.